The molecule has 6 heteroatoms. The molecule has 4 rings (SSSR count). The van der Waals surface area contributed by atoms with E-state index in [9.17, 15) is 4.79 Å². The monoisotopic (exact) mass is 408 g/mol. The maximum Gasteiger partial charge on any atom is 0.255 e. The van der Waals surface area contributed by atoms with E-state index in [0.717, 1.165) is 41.0 Å². The summed E-state index contributed by atoms with van der Waals surface area (Å²) in [5, 5.41) is 8.28. The highest BCUT2D eigenvalue weighted by molar-refractivity contribution is 6.31. The molecule has 0 unspecified atom stereocenters. The predicted octanol–water partition coefficient (Wildman–Crippen LogP) is 4.71. The molecular weight excluding hydrogens is 384 g/mol. The lowest BCUT2D eigenvalue weighted by Gasteiger charge is -2.14. The second kappa shape index (κ2) is 7.91. The lowest BCUT2D eigenvalue weighted by atomic mass is 10.1. The van der Waals surface area contributed by atoms with Gasteiger partial charge in [-0.3, -0.25) is 4.79 Å². The van der Waals surface area contributed by atoms with Gasteiger partial charge in [0.1, 0.15) is 0 Å². The topological polar surface area (TPSA) is 50.2 Å². The van der Waals surface area contributed by atoms with Crippen molar-refractivity contribution in [3.8, 4) is 5.69 Å². The first kappa shape index (κ1) is 19.5. The highest BCUT2D eigenvalue weighted by Gasteiger charge is 2.33. The van der Waals surface area contributed by atoms with Crippen LogP contribution in [-0.4, -0.2) is 29.8 Å². The Labute approximate surface area is 176 Å². The number of hydrogen-bond acceptors (Lipinski definition) is 3. The number of aryl methyl sites for hydroxylation is 1. The molecule has 1 N–H and O–H groups in total. The average molecular weight is 409 g/mol. The van der Waals surface area contributed by atoms with E-state index < -0.39 is 0 Å². The molecule has 0 bridgehead atoms. The fourth-order valence-corrected chi connectivity index (χ4v) is 3.60. The second-order valence-corrected chi connectivity index (χ2v) is 8.22. The van der Waals surface area contributed by atoms with E-state index in [2.05, 4.69) is 16.5 Å². The van der Waals surface area contributed by atoms with Crippen molar-refractivity contribution >= 4 is 23.2 Å². The largest absolute Gasteiger partial charge is 0.378 e. The van der Waals surface area contributed by atoms with Crippen LogP contribution >= 0.6 is 11.6 Å². The Balaban J connectivity index is 1.57. The molecule has 0 radical (unpaired) electrons. The normalized spacial score (nSPS) is 13.4. The standard InChI is InChI=1S/C23H25ClN4O/c1-15-7-10-19(12-21(15)24)28-22(17-8-9-17)20(14-26-28)23(29)25-13-16-5-4-6-18(11-16)27(2)3/h4-7,10-12,14,17H,8-9,13H2,1-3H3,(H,25,29). The lowest BCUT2D eigenvalue weighted by Crippen LogP contribution is -2.24. The molecule has 1 amide bonds. The number of benzene rings is 2. The van der Waals surface area contributed by atoms with Crippen LogP contribution in [0, 0.1) is 6.92 Å². The first-order chi connectivity index (χ1) is 13.9. The van der Waals surface area contributed by atoms with Crippen molar-refractivity contribution in [2.24, 2.45) is 0 Å². The zero-order chi connectivity index (χ0) is 20.5. The highest BCUT2D eigenvalue weighted by Crippen LogP contribution is 2.42. The van der Waals surface area contributed by atoms with Gasteiger partial charge in [0.25, 0.3) is 5.91 Å². The van der Waals surface area contributed by atoms with Crippen LogP contribution in [0.4, 0.5) is 5.69 Å². The van der Waals surface area contributed by atoms with E-state index in [1.165, 1.54) is 0 Å². The van der Waals surface area contributed by atoms with E-state index >= 15 is 0 Å². The number of nitrogens with one attached hydrogen (secondary N) is 1. The van der Waals surface area contributed by atoms with Crippen LogP contribution < -0.4 is 10.2 Å². The van der Waals surface area contributed by atoms with Crippen molar-refractivity contribution in [3.63, 3.8) is 0 Å². The number of hydrogen-bond donors (Lipinski definition) is 1. The molecule has 0 spiro atoms. The summed E-state index contributed by atoms with van der Waals surface area (Å²) in [6, 6.07) is 14.0. The van der Waals surface area contributed by atoms with Crippen LogP contribution in [0.5, 0.6) is 0 Å². The zero-order valence-corrected chi connectivity index (χ0v) is 17.7. The molecule has 1 saturated carbocycles. The number of carbonyl (C=O) groups is 1. The Kier molecular flexibility index (Phi) is 5.33. The van der Waals surface area contributed by atoms with E-state index in [0.29, 0.717) is 23.0 Å². The fourth-order valence-electron chi connectivity index (χ4n) is 3.42. The maximum atomic E-state index is 13.0. The zero-order valence-electron chi connectivity index (χ0n) is 16.9. The molecule has 1 aliphatic carbocycles. The van der Waals surface area contributed by atoms with Crippen molar-refractivity contribution in [2.45, 2.75) is 32.2 Å². The van der Waals surface area contributed by atoms with Crippen molar-refractivity contribution in [3.05, 3.63) is 76.1 Å². The second-order valence-electron chi connectivity index (χ2n) is 7.81. The van der Waals surface area contributed by atoms with Gasteiger partial charge in [0.2, 0.25) is 0 Å². The molecule has 2 aromatic carbocycles. The Morgan fingerprint density at radius 3 is 2.72 bits per heavy atom. The molecule has 29 heavy (non-hydrogen) atoms. The van der Waals surface area contributed by atoms with Gasteiger partial charge in [-0.25, -0.2) is 4.68 Å². The number of anilines is 1. The summed E-state index contributed by atoms with van der Waals surface area (Å²) in [4.78, 5) is 15.0. The minimum absolute atomic E-state index is 0.0911. The van der Waals surface area contributed by atoms with Crippen molar-refractivity contribution in [1.29, 1.82) is 0 Å². The van der Waals surface area contributed by atoms with Crippen LogP contribution in [-0.2, 0) is 6.54 Å². The summed E-state index contributed by atoms with van der Waals surface area (Å²) in [6.45, 7) is 2.45. The number of halogens is 1. The van der Waals surface area contributed by atoms with Gasteiger partial charge in [-0.15, -0.1) is 0 Å². The summed E-state index contributed by atoms with van der Waals surface area (Å²) < 4.78 is 1.87. The Morgan fingerprint density at radius 2 is 2.03 bits per heavy atom. The Morgan fingerprint density at radius 1 is 1.24 bits per heavy atom. The van der Waals surface area contributed by atoms with Crippen LogP contribution in [0.1, 0.15) is 45.9 Å². The van der Waals surface area contributed by atoms with E-state index in [4.69, 9.17) is 11.6 Å². The molecule has 1 heterocycles. The third-order valence-electron chi connectivity index (χ3n) is 5.30. The summed E-state index contributed by atoms with van der Waals surface area (Å²) in [5.74, 6) is 0.280. The van der Waals surface area contributed by atoms with Gasteiger partial charge < -0.3 is 10.2 Å². The molecule has 0 aliphatic heterocycles. The minimum Gasteiger partial charge on any atom is -0.378 e. The van der Waals surface area contributed by atoms with Crippen LogP contribution in [0.25, 0.3) is 5.69 Å². The minimum atomic E-state index is -0.0911. The van der Waals surface area contributed by atoms with Crippen molar-refractivity contribution in [1.82, 2.24) is 15.1 Å². The first-order valence-corrected chi connectivity index (χ1v) is 10.2. The lowest BCUT2D eigenvalue weighted by molar-refractivity contribution is 0.0950. The quantitative estimate of drug-likeness (QED) is 0.642. The molecule has 0 atom stereocenters. The van der Waals surface area contributed by atoms with Crippen LogP contribution in [0.3, 0.4) is 0 Å². The summed E-state index contributed by atoms with van der Waals surface area (Å²) in [6.07, 6.45) is 3.83. The van der Waals surface area contributed by atoms with E-state index in [1.54, 1.807) is 6.20 Å². The average Bonchev–Trinajstić information content (AvgIpc) is 3.46. The molecule has 3 aromatic rings. The van der Waals surface area contributed by atoms with Gasteiger partial charge in [-0.2, -0.15) is 5.10 Å². The van der Waals surface area contributed by atoms with Crippen molar-refractivity contribution in [2.75, 3.05) is 19.0 Å². The maximum absolute atomic E-state index is 13.0. The van der Waals surface area contributed by atoms with Crippen LogP contribution in [0.2, 0.25) is 5.02 Å². The van der Waals surface area contributed by atoms with Gasteiger partial charge in [0.05, 0.1) is 23.1 Å². The van der Waals surface area contributed by atoms with E-state index in [-0.39, 0.29) is 5.91 Å². The molecule has 150 valence electrons. The number of amides is 1. The molecular formula is C23H25ClN4O. The Hall–Kier alpha value is -2.79. The predicted molar refractivity (Wildman–Crippen MR) is 117 cm³/mol. The highest BCUT2D eigenvalue weighted by atomic mass is 35.5. The van der Waals surface area contributed by atoms with Crippen molar-refractivity contribution < 1.29 is 4.79 Å². The third kappa shape index (κ3) is 4.15. The molecule has 1 aromatic heterocycles. The van der Waals surface area contributed by atoms with E-state index in [1.807, 2.05) is 67.0 Å². The first-order valence-electron chi connectivity index (χ1n) is 9.83. The smallest absolute Gasteiger partial charge is 0.255 e. The fraction of sp³-hybridized carbons (Fsp3) is 0.304. The van der Waals surface area contributed by atoms with Gasteiger partial charge in [0.15, 0.2) is 0 Å². The van der Waals surface area contributed by atoms with Gasteiger partial charge in [0, 0.05) is 37.3 Å². The summed E-state index contributed by atoms with van der Waals surface area (Å²) >= 11 is 6.31. The van der Waals surface area contributed by atoms with Gasteiger partial charge >= 0.3 is 0 Å². The summed E-state index contributed by atoms with van der Waals surface area (Å²) in [5.41, 5.74) is 5.71. The molecule has 5 nitrogen and oxygen atoms in total. The summed E-state index contributed by atoms with van der Waals surface area (Å²) in [7, 11) is 4.01. The molecule has 1 fully saturated rings. The molecule has 1 aliphatic rings. The SMILES string of the molecule is Cc1ccc(-n2ncc(C(=O)NCc3cccc(N(C)C)c3)c2C2CC2)cc1Cl. The number of nitrogens with zero attached hydrogens (tertiary/aromatic N) is 3. The van der Waals surface area contributed by atoms with Crippen LogP contribution in [0.15, 0.2) is 48.7 Å². The third-order valence-corrected chi connectivity index (χ3v) is 5.70. The van der Waals surface area contributed by atoms with Gasteiger partial charge in [-0.1, -0.05) is 29.8 Å². The number of carbonyl (C=O) groups excluding carboxylic acids is 1. The Bertz CT molecular complexity index is 1050. The van der Waals surface area contributed by atoms with Gasteiger partial charge in [-0.05, 0) is 55.2 Å². The number of rotatable bonds is 6. The number of aromatic nitrogens is 2. The molecule has 0 saturated heterocycles.